The molecule has 5 nitrogen and oxygen atoms in total. The third-order valence-electron chi connectivity index (χ3n) is 5.44. The Hall–Kier alpha value is -1.82. The number of pyridine rings is 1. The second-order valence-corrected chi connectivity index (χ2v) is 7.90. The Labute approximate surface area is 167 Å². The Kier molecular flexibility index (Phi) is 5.01. The molecule has 2 atom stereocenters. The summed E-state index contributed by atoms with van der Waals surface area (Å²) in [5.41, 5.74) is 3.25. The van der Waals surface area contributed by atoms with Gasteiger partial charge >= 0.3 is 0 Å². The van der Waals surface area contributed by atoms with Gasteiger partial charge in [0.2, 0.25) is 0 Å². The monoisotopic (exact) mass is 406 g/mol. The first kappa shape index (κ1) is 18.5. The Bertz CT molecular complexity index is 886. The van der Waals surface area contributed by atoms with Gasteiger partial charge in [-0.25, -0.2) is 4.98 Å². The number of carbonyl (C=O) groups excluding carboxylic acids is 1. The molecule has 1 fully saturated rings. The van der Waals surface area contributed by atoms with Gasteiger partial charge < -0.3 is 9.84 Å². The highest BCUT2D eigenvalue weighted by atomic mass is 35.5. The maximum Gasteiger partial charge on any atom is 0.260 e. The van der Waals surface area contributed by atoms with E-state index in [2.05, 4.69) is 4.98 Å². The van der Waals surface area contributed by atoms with Crippen molar-refractivity contribution < 1.29 is 14.6 Å². The summed E-state index contributed by atoms with van der Waals surface area (Å²) in [4.78, 5) is 18.8. The number of aliphatic hydroxyl groups is 1. The molecule has 0 spiro atoms. The van der Waals surface area contributed by atoms with E-state index in [0.717, 1.165) is 29.5 Å². The molecule has 2 aromatic rings. The van der Waals surface area contributed by atoms with Crippen molar-refractivity contribution in [1.29, 1.82) is 0 Å². The van der Waals surface area contributed by atoms with E-state index < -0.39 is 6.10 Å². The summed E-state index contributed by atoms with van der Waals surface area (Å²) in [6.45, 7) is 2.04. The molecule has 27 heavy (non-hydrogen) atoms. The van der Waals surface area contributed by atoms with Crippen LogP contribution in [0, 0.1) is 6.92 Å². The Morgan fingerprint density at radius 3 is 2.81 bits per heavy atom. The minimum atomic E-state index is -0.500. The van der Waals surface area contributed by atoms with Crippen LogP contribution in [0.15, 0.2) is 24.4 Å². The number of benzene rings is 1. The van der Waals surface area contributed by atoms with Crippen LogP contribution in [0.3, 0.4) is 0 Å². The third-order valence-corrected chi connectivity index (χ3v) is 6.12. The predicted molar refractivity (Wildman–Crippen MR) is 104 cm³/mol. The fourth-order valence-electron chi connectivity index (χ4n) is 3.87. The SMILES string of the molecule is Cc1c(Cc2ccc(Cl)nc2)cc2c(c1Cl)OCN(C1CCCC1O)C2=O. The van der Waals surface area contributed by atoms with E-state index in [-0.39, 0.29) is 18.7 Å². The molecule has 2 aliphatic rings. The molecule has 1 aromatic carbocycles. The Balaban J connectivity index is 1.68. The van der Waals surface area contributed by atoms with E-state index in [1.807, 2.05) is 19.1 Å². The van der Waals surface area contributed by atoms with Gasteiger partial charge in [0.1, 0.15) is 5.15 Å². The maximum atomic E-state index is 13.1. The van der Waals surface area contributed by atoms with Crippen molar-refractivity contribution in [2.45, 2.75) is 44.8 Å². The number of hydrogen-bond acceptors (Lipinski definition) is 4. The van der Waals surface area contributed by atoms with Crippen LogP contribution < -0.4 is 4.74 Å². The van der Waals surface area contributed by atoms with E-state index >= 15 is 0 Å². The molecule has 0 saturated heterocycles. The highest BCUT2D eigenvalue weighted by Crippen LogP contribution is 2.39. The molecule has 7 heteroatoms. The van der Waals surface area contributed by atoms with Crippen molar-refractivity contribution >= 4 is 29.1 Å². The molecule has 1 aliphatic carbocycles. The summed E-state index contributed by atoms with van der Waals surface area (Å²) in [7, 11) is 0. The predicted octanol–water partition coefficient (Wildman–Crippen LogP) is 3.99. The average Bonchev–Trinajstić information content (AvgIpc) is 3.08. The summed E-state index contributed by atoms with van der Waals surface area (Å²) in [6, 6.07) is 5.29. The molecule has 142 valence electrons. The van der Waals surface area contributed by atoms with Crippen molar-refractivity contribution in [3.8, 4) is 5.75 Å². The lowest BCUT2D eigenvalue weighted by Crippen LogP contribution is -2.48. The van der Waals surface area contributed by atoms with Crippen molar-refractivity contribution in [2.75, 3.05) is 6.73 Å². The fraction of sp³-hybridized carbons (Fsp3) is 0.400. The maximum absolute atomic E-state index is 13.1. The third kappa shape index (κ3) is 3.40. The fourth-order valence-corrected chi connectivity index (χ4v) is 4.26. The summed E-state index contributed by atoms with van der Waals surface area (Å²) in [5, 5.41) is 11.1. The lowest BCUT2D eigenvalue weighted by Gasteiger charge is -2.35. The van der Waals surface area contributed by atoms with Gasteiger partial charge in [0.15, 0.2) is 12.5 Å². The normalized spacial score (nSPS) is 21.9. The molecule has 2 heterocycles. The van der Waals surface area contributed by atoms with Crippen LogP contribution in [-0.4, -0.2) is 39.8 Å². The van der Waals surface area contributed by atoms with E-state index in [1.54, 1.807) is 17.2 Å². The molecule has 1 amide bonds. The van der Waals surface area contributed by atoms with E-state index in [0.29, 0.717) is 34.3 Å². The summed E-state index contributed by atoms with van der Waals surface area (Å²) >= 11 is 12.4. The van der Waals surface area contributed by atoms with Gasteiger partial charge in [-0.3, -0.25) is 9.69 Å². The largest absolute Gasteiger partial charge is 0.471 e. The van der Waals surface area contributed by atoms with Gasteiger partial charge in [-0.05, 0) is 61.4 Å². The first-order valence-electron chi connectivity index (χ1n) is 9.00. The number of hydrogen-bond donors (Lipinski definition) is 1. The molecule has 4 rings (SSSR count). The molecule has 1 saturated carbocycles. The molecule has 1 aliphatic heterocycles. The standard InChI is InChI=1S/C20H20Cl2N2O3/c1-11-13(7-12-5-6-17(21)23-9-12)8-14-19(18(11)22)27-10-24(20(14)26)15-3-2-4-16(15)25/h5-6,8-9,15-16,25H,2-4,7,10H2,1H3. The molecular formula is C20H20Cl2N2O3. The van der Waals surface area contributed by atoms with Crippen molar-refractivity contribution in [1.82, 2.24) is 9.88 Å². The van der Waals surface area contributed by atoms with Crippen LogP contribution in [0.2, 0.25) is 10.2 Å². The Morgan fingerprint density at radius 1 is 1.33 bits per heavy atom. The second kappa shape index (κ2) is 7.30. The lowest BCUT2D eigenvalue weighted by molar-refractivity contribution is 0.0127. The van der Waals surface area contributed by atoms with Crippen LogP contribution in [0.1, 0.15) is 46.3 Å². The molecule has 1 aromatic heterocycles. The minimum Gasteiger partial charge on any atom is -0.471 e. The molecule has 2 unspecified atom stereocenters. The Morgan fingerprint density at radius 2 is 2.15 bits per heavy atom. The number of carbonyl (C=O) groups is 1. The van der Waals surface area contributed by atoms with E-state index in [4.69, 9.17) is 27.9 Å². The van der Waals surface area contributed by atoms with Crippen LogP contribution >= 0.6 is 23.2 Å². The van der Waals surface area contributed by atoms with Gasteiger partial charge in [0.25, 0.3) is 5.91 Å². The van der Waals surface area contributed by atoms with E-state index in [9.17, 15) is 9.90 Å². The smallest absolute Gasteiger partial charge is 0.260 e. The van der Waals surface area contributed by atoms with E-state index in [1.165, 1.54) is 0 Å². The number of nitrogens with zero attached hydrogens (tertiary/aromatic N) is 2. The van der Waals surface area contributed by atoms with Gasteiger partial charge in [0.05, 0.1) is 22.7 Å². The summed E-state index contributed by atoms with van der Waals surface area (Å²) in [5.74, 6) is 0.292. The summed E-state index contributed by atoms with van der Waals surface area (Å²) in [6.07, 6.45) is 4.21. The zero-order valence-corrected chi connectivity index (χ0v) is 16.4. The molecule has 0 bridgehead atoms. The van der Waals surface area contributed by atoms with Crippen LogP contribution in [-0.2, 0) is 6.42 Å². The number of aromatic nitrogens is 1. The van der Waals surface area contributed by atoms with Gasteiger partial charge in [0, 0.05) is 6.20 Å². The number of ether oxygens (including phenoxy) is 1. The second-order valence-electron chi connectivity index (χ2n) is 7.13. The number of amides is 1. The first-order valence-corrected chi connectivity index (χ1v) is 9.75. The topological polar surface area (TPSA) is 62.7 Å². The number of aliphatic hydroxyl groups excluding tert-OH is 1. The summed E-state index contributed by atoms with van der Waals surface area (Å²) < 4.78 is 5.83. The number of halogens is 2. The van der Waals surface area contributed by atoms with Gasteiger partial charge in [-0.15, -0.1) is 0 Å². The van der Waals surface area contributed by atoms with Crippen molar-refractivity contribution in [3.05, 3.63) is 56.8 Å². The van der Waals surface area contributed by atoms with Crippen molar-refractivity contribution in [2.24, 2.45) is 0 Å². The van der Waals surface area contributed by atoms with Gasteiger partial charge in [-0.2, -0.15) is 0 Å². The average molecular weight is 407 g/mol. The van der Waals surface area contributed by atoms with Crippen molar-refractivity contribution in [3.63, 3.8) is 0 Å². The quantitative estimate of drug-likeness (QED) is 0.782. The van der Waals surface area contributed by atoms with Crippen LogP contribution in [0.4, 0.5) is 0 Å². The molecular weight excluding hydrogens is 387 g/mol. The first-order chi connectivity index (χ1) is 13.0. The zero-order valence-electron chi connectivity index (χ0n) is 14.9. The van der Waals surface area contributed by atoms with Crippen LogP contribution in [0.25, 0.3) is 0 Å². The lowest BCUT2D eigenvalue weighted by atomic mass is 9.96. The number of rotatable bonds is 3. The van der Waals surface area contributed by atoms with Gasteiger partial charge in [-0.1, -0.05) is 29.3 Å². The molecule has 1 N–H and O–H groups in total. The number of fused-ring (bicyclic) bond motifs is 1. The highest BCUT2D eigenvalue weighted by molar-refractivity contribution is 6.33. The highest BCUT2D eigenvalue weighted by Gasteiger charge is 2.38. The van der Waals surface area contributed by atoms with Crippen LogP contribution in [0.5, 0.6) is 5.75 Å². The minimum absolute atomic E-state index is 0.118. The zero-order chi connectivity index (χ0) is 19.1. The molecule has 0 radical (unpaired) electrons.